The Morgan fingerprint density at radius 3 is 2.50 bits per heavy atom. The molecule has 0 bridgehead atoms. The Morgan fingerprint density at radius 1 is 1.00 bits per heavy atom. The predicted octanol–water partition coefficient (Wildman–Crippen LogP) is 4.54. The van der Waals surface area contributed by atoms with Gasteiger partial charge < -0.3 is 14.7 Å². The second-order valence-corrected chi connectivity index (χ2v) is 9.61. The zero-order valence-electron chi connectivity index (χ0n) is 18.3. The fourth-order valence-electron chi connectivity index (χ4n) is 4.26. The van der Waals surface area contributed by atoms with Crippen LogP contribution in [0.3, 0.4) is 0 Å². The summed E-state index contributed by atoms with van der Waals surface area (Å²) in [4.78, 5) is 36.2. The number of hydrogen-bond acceptors (Lipinski definition) is 5. The second kappa shape index (κ2) is 9.56. The molecule has 0 saturated carbocycles. The molecule has 0 radical (unpaired) electrons. The summed E-state index contributed by atoms with van der Waals surface area (Å²) in [6.45, 7) is 2.54. The molecule has 3 heterocycles. The number of amides is 2. The number of hydrogen-bond donors (Lipinski definition) is 0. The van der Waals surface area contributed by atoms with Crippen LogP contribution in [0.15, 0.2) is 58.9 Å². The number of nitrogens with zero attached hydrogens (tertiary/aromatic N) is 4. The van der Waals surface area contributed by atoms with Crippen LogP contribution in [0.25, 0.3) is 0 Å². The Kier molecular flexibility index (Phi) is 6.34. The third-order valence-electron chi connectivity index (χ3n) is 6.03. The van der Waals surface area contributed by atoms with E-state index in [9.17, 15) is 14.0 Å². The number of piperazine rings is 1. The molecule has 174 valence electrons. The molecule has 2 aliphatic rings. The first-order valence-electron chi connectivity index (χ1n) is 10.9. The molecule has 2 aromatic carbocycles. The van der Waals surface area contributed by atoms with Gasteiger partial charge in [0.15, 0.2) is 0 Å². The van der Waals surface area contributed by atoms with E-state index in [1.165, 1.54) is 17.4 Å². The average Bonchev–Trinajstić information content (AvgIpc) is 3.39. The third kappa shape index (κ3) is 4.56. The third-order valence-corrected chi connectivity index (χ3v) is 7.13. The van der Waals surface area contributed by atoms with Crippen LogP contribution in [-0.2, 0) is 6.54 Å². The van der Waals surface area contributed by atoms with Crippen molar-refractivity contribution in [1.29, 1.82) is 0 Å². The van der Waals surface area contributed by atoms with Gasteiger partial charge in [-0.15, -0.1) is 11.3 Å². The first-order chi connectivity index (χ1) is 16.5. The van der Waals surface area contributed by atoms with Crippen LogP contribution in [0.5, 0.6) is 0 Å². The van der Waals surface area contributed by atoms with Crippen molar-refractivity contribution in [3.05, 3.63) is 86.3 Å². The second-order valence-electron chi connectivity index (χ2n) is 8.23. The van der Waals surface area contributed by atoms with Crippen molar-refractivity contribution >= 4 is 46.7 Å². The van der Waals surface area contributed by atoms with E-state index < -0.39 is 5.82 Å². The maximum Gasteiger partial charge on any atom is 0.264 e. The molecule has 9 heteroatoms. The van der Waals surface area contributed by atoms with Crippen molar-refractivity contribution in [3.63, 3.8) is 0 Å². The summed E-state index contributed by atoms with van der Waals surface area (Å²) < 4.78 is 14.7. The Morgan fingerprint density at radius 2 is 1.76 bits per heavy atom. The SMILES string of the molecule is O=C(c1cccs1)N1CCN(C(=O)c2cc(CN3CN=Cc4cc(Cl)ccc43)ccc2F)CC1. The van der Waals surface area contributed by atoms with Gasteiger partial charge >= 0.3 is 0 Å². The molecule has 6 nitrogen and oxygen atoms in total. The highest BCUT2D eigenvalue weighted by Gasteiger charge is 2.27. The van der Waals surface area contributed by atoms with Crippen LogP contribution in [-0.4, -0.2) is 60.7 Å². The van der Waals surface area contributed by atoms with Crippen LogP contribution in [0.1, 0.15) is 31.2 Å². The molecule has 1 saturated heterocycles. The number of anilines is 1. The van der Waals surface area contributed by atoms with Gasteiger partial charge in [-0.05, 0) is 47.3 Å². The molecular formula is C25H22ClFN4O2S. The maximum absolute atomic E-state index is 14.7. The monoisotopic (exact) mass is 496 g/mol. The number of halogens is 2. The molecule has 0 N–H and O–H groups in total. The van der Waals surface area contributed by atoms with Gasteiger partial charge in [0.1, 0.15) is 12.5 Å². The summed E-state index contributed by atoms with van der Waals surface area (Å²) in [5.41, 5.74) is 2.77. The topological polar surface area (TPSA) is 56.2 Å². The van der Waals surface area contributed by atoms with Gasteiger partial charge in [0.25, 0.3) is 11.8 Å². The first-order valence-corrected chi connectivity index (χ1v) is 12.2. The summed E-state index contributed by atoms with van der Waals surface area (Å²) in [7, 11) is 0. The largest absolute Gasteiger partial charge is 0.347 e. The van der Waals surface area contributed by atoms with Crippen LogP contribution in [0.4, 0.5) is 10.1 Å². The Balaban J connectivity index is 1.28. The van der Waals surface area contributed by atoms with E-state index in [1.807, 2.05) is 29.6 Å². The van der Waals surface area contributed by atoms with Gasteiger partial charge in [-0.3, -0.25) is 14.6 Å². The van der Waals surface area contributed by atoms with Crippen molar-refractivity contribution in [2.45, 2.75) is 6.54 Å². The minimum absolute atomic E-state index is 0.0268. The Bertz CT molecular complexity index is 1260. The lowest BCUT2D eigenvalue weighted by Gasteiger charge is -2.34. The lowest BCUT2D eigenvalue weighted by Crippen LogP contribution is -2.50. The van der Waals surface area contributed by atoms with Gasteiger partial charge in [0, 0.05) is 55.2 Å². The molecule has 5 rings (SSSR count). The van der Waals surface area contributed by atoms with E-state index in [1.54, 1.807) is 34.2 Å². The summed E-state index contributed by atoms with van der Waals surface area (Å²) in [6, 6.07) is 13.9. The summed E-state index contributed by atoms with van der Waals surface area (Å²) in [5, 5.41) is 2.51. The summed E-state index contributed by atoms with van der Waals surface area (Å²) in [6.07, 6.45) is 1.79. The number of carbonyl (C=O) groups is 2. The number of benzene rings is 2. The Labute approximate surface area is 205 Å². The van der Waals surface area contributed by atoms with Gasteiger partial charge in [-0.25, -0.2) is 4.39 Å². The fourth-order valence-corrected chi connectivity index (χ4v) is 5.13. The quantitative estimate of drug-likeness (QED) is 0.533. The molecule has 1 aromatic heterocycles. The number of carbonyl (C=O) groups excluding carboxylic acids is 2. The van der Waals surface area contributed by atoms with Crippen molar-refractivity contribution < 1.29 is 14.0 Å². The molecule has 3 aromatic rings. The number of aliphatic imine (C=N–C) groups is 1. The molecule has 1 fully saturated rings. The van der Waals surface area contributed by atoms with Crippen LogP contribution in [0.2, 0.25) is 5.02 Å². The molecule has 0 atom stereocenters. The highest BCUT2D eigenvalue weighted by atomic mass is 35.5. The Hall–Kier alpha value is -3.23. The van der Waals surface area contributed by atoms with E-state index in [4.69, 9.17) is 11.6 Å². The molecule has 2 amide bonds. The maximum atomic E-state index is 14.7. The highest BCUT2D eigenvalue weighted by molar-refractivity contribution is 7.12. The lowest BCUT2D eigenvalue weighted by molar-refractivity contribution is 0.0535. The predicted molar refractivity (Wildman–Crippen MR) is 133 cm³/mol. The summed E-state index contributed by atoms with van der Waals surface area (Å²) >= 11 is 7.50. The van der Waals surface area contributed by atoms with Gasteiger partial charge in [0.2, 0.25) is 0 Å². The van der Waals surface area contributed by atoms with E-state index in [0.29, 0.717) is 49.3 Å². The molecule has 0 aliphatic carbocycles. The molecule has 2 aliphatic heterocycles. The highest BCUT2D eigenvalue weighted by Crippen LogP contribution is 2.27. The lowest BCUT2D eigenvalue weighted by atomic mass is 10.1. The van der Waals surface area contributed by atoms with Gasteiger partial charge in [-0.1, -0.05) is 23.7 Å². The average molecular weight is 497 g/mol. The van der Waals surface area contributed by atoms with Gasteiger partial charge in [-0.2, -0.15) is 0 Å². The zero-order chi connectivity index (χ0) is 23.7. The van der Waals surface area contributed by atoms with E-state index in [2.05, 4.69) is 9.89 Å². The first kappa shape index (κ1) is 22.6. The van der Waals surface area contributed by atoms with Gasteiger partial charge in [0.05, 0.1) is 10.4 Å². The number of fused-ring (bicyclic) bond motifs is 1. The van der Waals surface area contributed by atoms with E-state index in [0.717, 1.165) is 16.8 Å². The van der Waals surface area contributed by atoms with E-state index in [-0.39, 0.29) is 17.4 Å². The van der Waals surface area contributed by atoms with Crippen LogP contribution < -0.4 is 4.90 Å². The van der Waals surface area contributed by atoms with Crippen molar-refractivity contribution in [2.75, 3.05) is 37.7 Å². The minimum Gasteiger partial charge on any atom is -0.347 e. The number of rotatable bonds is 4. The fraction of sp³-hybridized carbons (Fsp3) is 0.240. The normalized spacial score (nSPS) is 15.4. The minimum atomic E-state index is -0.547. The molecule has 0 unspecified atom stereocenters. The molecule has 34 heavy (non-hydrogen) atoms. The van der Waals surface area contributed by atoms with Crippen molar-refractivity contribution in [2.24, 2.45) is 4.99 Å². The van der Waals surface area contributed by atoms with Crippen molar-refractivity contribution in [1.82, 2.24) is 9.80 Å². The zero-order valence-corrected chi connectivity index (χ0v) is 19.9. The van der Waals surface area contributed by atoms with Crippen LogP contribution in [0, 0.1) is 5.82 Å². The van der Waals surface area contributed by atoms with Crippen molar-refractivity contribution in [3.8, 4) is 0 Å². The standard InChI is InChI=1S/C25H22ClFN4O2S/c26-19-4-6-22-18(13-19)14-28-16-31(22)15-17-3-5-21(27)20(12-17)24(32)29-7-9-30(10-8-29)25(33)23-2-1-11-34-23/h1-6,11-14H,7-10,15-16H2. The number of thiophene rings is 1. The van der Waals surface area contributed by atoms with E-state index >= 15 is 0 Å². The smallest absolute Gasteiger partial charge is 0.264 e. The molecular weight excluding hydrogens is 475 g/mol. The van der Waals surface area contributed by atoms with Crippen LogP contribution >= 0.6 is 22.9 Å². The summed E-state index contributed by atoms with van der Waals surface area (Å²) in [5.74, 6) is -0.929. The molecule has 0 spiro atoms.